The van der Waals surface area contributed by atoms with Gasteiger partial charge in [-0.1, -0.05) is 25.0 Å². The highest BCUT2D eigenvalue weighted by Gasteiger charge is 2.26. The molecule has 0 radical (unpaired) electrons. The van der Waals surface area contributed by atoms with Crippen molar-refractivity contribution in [2.24, 2.45) is 0 Å². The van der Waals surface area contributed by atoms with E-state index < -0.39 is 6.10 Å². The lowest BCUT2D eigenvalue weighted by Crippen LogP contribution is -2.45. The third-order valence-corrected chi connectivity index (χ3v) is 4.43. The predicted molar refractivity (Wildman–Crippen MR) is 77.6 cm³/mol. The van der Waals surface area contributed by atoms with Gasteiger partial charge in [-0.3, -0.25) is 4.79 Å². The molecule has 1 aliphatic heterocycles. The minimum absolute atomic E-state index is 0.0327. The van der Waals surface area contributed by atoms with Crippen LogP contribution in [-0.2, 0) is 13.0 Å². The predicted octanol–water partition coefficient (Wildman–Crippen LogP) is 1.37. The Bertz CT molecular complexity index is 501. The molecule has 0 bridgehead atoms. The van der Waals surface area contributed by atoms with Crippen molar-refractivity contribution >= 4 is 5.91 Å². The van der Waals surface area contributed by atoms with Gasteiger partial charge in [-0.15, -0.1) is 0 Å². The molecule has 1 fully saturated rings. The number of amides is 1. The Morgan fingerprint density at radius 1 is 1.30 bits per heavy atom. The Hall–Kier alpha value is -1.39. The van der Waals surface area contributed by atoms with Crippen LogP contribution in [0, 0.1) is 0 Å². The summed E-state index contributed by atoms with van der Waals surface area (Å²) in [6, 6.07) is 5.83. The molecule has 1 heterocycles. The van der Waals surface area contributed by atoms with E-state index in [1.807, 2.05) is 12.1 Å². The molecule has 1 aromatic rings. The van der Waals surface area contributed by atoms with E-state index >= 15 is 0 Å². The molecule has 2 aliphatic rings. The molecule has 4 nitrogen and oxygen atoms in total. The molecule has 2 atom stereocenters. The lowest BCUT2D eigenvalue weighted by atomic mass is 9.91. The Balaban J connectivity index is 1.77. The fourth-order valence-corrected chi connectivity index (χ4v) is 3.27. The topological polar surface area (TPSA) is 61.4 Å². The molecule has 3 rings (SSSR count). The number of nitrogens with one attached hydrogen (secondary N) is 2. The van der Waals surface area contributed by atoms with Gasteiger partial charge in [0.25, 0.3) is 5.91 Å². The fraction of sp³-hybridized carbons (Fsp3) is 0.562. The van der Waals surface area contributed by atoms with Gasteiger partial charge in [-0.25, -0.2) is 0 Å². The average Bonchev–Trinajstić information content (AvgIpc) is 2.49. The van der Waals surface area contributed by atoms with Crippen molar-refractivity contribution in [3.8, 4) is 0 Å². The number of carbonyl (C=O) groups excluding carboxylic acids is 1. The zero-order valence-corrected chi connectivity index (χ0v) is 11.7. The van der Waals surface area contributed by atoms with Gasteiger partial charge in [0, 0.05) is 12.1 Å². The van der Waals surface area contributed by atoms with Crippen LogP contribution in [0.4, 0.5) is 0 Å². The second-order valence-electron chi connectivity index (χ2n) is 5.80. The third-order valence-electron chi connectivity index (χ3n) is 4.43. The molecule has 4 heteroatoms. The summed E-state index contributed by atoms with van der Waals surface area (Å²) in [4.78, 5) is 12.5. The van der Waals surface area contributed by atoms with E-state index in [-0.39, 0.29) is 11.9 Å². The molecule has 108 valence electrons. The van der Waals surface area contributed by atoms with Crippen LogP contribution in [0.25, 0.3) is 0 Å². The number of carbonyl (C=O) groups is 1. The fourth-order valence-electron chi connectivity index (χ4n) is 3.27. The van der Waals surface area contributed by atoms with Crippen LogP contribution in [-0.4, -0.2) is 29.7 Å². The lowest BCUT2D eigenvalue weighted by Gasteiger charge is -2.29. The van der Waals surface area contributed by atoms with Crippen LogP contribution < -0.4 is 10.6 Å². The molecule has 0 unspecified atom stereocenters. The number of benzene rings is 1. The molecule has 1 aromatic carbocycles. The van der Waals surface area contributed by atoms with Crippen LogP contribution in [0.2, 0.25) is 0 Å². The van der Waals surface area contributed by atoms with Gasteiger partial charge in [0.05, 0.1) is 12.1 Å². The standard InChI is InChI=1S/C16H22N2O2/c19-15-7-2-1-6-14(15)18-16(20)13-5-3-4-11-10-17-9-8-12(11)13/h3-5,14-15,17,19H,1-2,6-10H2,(H,18,20)/t14-,15-/m0/s1. The average molecular weight is 274 g/mol. The molecule has 0 aromatic heterocycles. The quantitative estimate of drug-likeness (QED) is 0.763. The summed E-state index contributed by atoms with van der Waals surface area (Å²) < 4.78 is 0. The smallest absolute Gasteiger partial charge is 0.251 e. The van der Waals surface area contributed by atoms with E-state index in [2.05, 4.69) is 16.7 Å². The van der Waals surface area contributed by atoms with E-state index in [0.29, 0.717) is 0 Å². The first kappa shape index (κ1) is 13.6. The van der Waals surface area contributed by atoms with E-state index in [1.54, 1.807) is 0 Å². The molecular weight excluding hydrogens is 252 g/mol. The van der Waals surface area contributed by atoms with Gasteiger partial charge in [0.1, 0.15) is 0 Å². The Labute approximate surface area is 119 Å². The monoisotopic (exact) mass is 274 g/mol. The maximum absolute atomic E-state index is 12.5. The highest BCUT2D eigenvalue weighted by atomic mass is 16.3. The van der Waals surface area contributed by atoms with Gasteiger partial charge in [-0.2, -0.15) is 0 Å². The SMILES string of the molecule is O=C(N[C@H]1CCCC[C@@H]1O)c1cccc2c1CCNC2. The number of fused-ring (bicyclic) bond motifs is 1. The number of hydrogen-bond donors (Lipinski definition) is 3. The summed E-state index contributed by atoms with van der Waals surface area (Å²) >= 11 is 0. The largest absolute Gasteiger partial charge is 0.391 e. The second kappa shape index (κ2) is 5.94. The first-order valence-corrected chi connectivity index (χ1v) is 7.56. The van der Waals surface area contributed by atoms with Crippen molar-refractivity contribution in [3.63, 3.8) is 0 Å². The van der Waals surface area contributed by atoms with Crippen LogP contribution in [0.5, 0.6) is 0 Å². The van der Waals surface area contributed by atoms with Crippen molar-refractivity contribution in [2.75, 3.05) is 6.54 Å². The Kier molecular flexibility index (Phi) is 4.03. The van der Waals surface area contributed by atoms with Crippen LogP contribution in [0.15, 0.2) is 18.2 Å². The molecule has 20 heavy (non-hydrogen) atoms. The zero-order valence-electron chi connectivity index (χ0n) is 11.7. The van der Waals surface area contributed by atoms with E-state index in [4.69, 9.17) is 0 Å². The summed E-state index contributed by atoms with van der Waals surface area (Å²) in [7, 11) is 0. The van der Waals surface area contributed by atoms with Gasteiger partial charge < -0.3 is 15.7 Å². The summed E-state index contributed by atoms with van der Waals surface area (Å²) in [6.07, 6.45) is 4.31. The molecule has 0 saturated heterocycles. The molecule has 0 spiro atoms. The van der Waals surface area contributed by atoms with Crippen LogP contribution in [0.1, 0.15) is 47.2 Å². The first-order valence-electron chi connectivity index (χ1n) is 7.56. The van der Waals surface area contributed by atoms with Gasteiger partial charge in [0.15, 0.2) is 0 Å². The van der Waals surface area contributed by atoms with Crippen molar-refractivity contribution in [1.82, 2.24) is 10.6 Å². The summed E-state index contributed by atoms with van der Waals surface area (Å²) in [5, 5.41) is 16.3. The van der Waals surface area contributed by atoms with Gasteiger partial charge in [0.2, 0.25) is 0 Å². The van der Waals surface area contributed by atoms with Crippen molar-refractivity contribution in [2.45, 2.75) is 50.8 Å². The highest BCUT2D eigenvalue weighted by molar-refractivity contribution is 5.96. The number of aliphatic hydroxyl groups excluding tert-OH is 1. The van der Waals surface area contributed by atoms with Gasteiger partial charge in [-0.05, 0) is 43.0 Å². The molecule has 3 N–H and O–H groups in total. The van der Waals surface area contributed by atoms with Crippen molar-refractivity contribution < 1.29 is 9.90 Å². The summed E-state index contributed by atoms with van der Waals surface area (Å²) in [5.41, 5.74) is 3.16. The molecular formula is C16H22N2O2. The van der Waals surface area contributed by atoms with Crippen molar-refractivity contribution in [3.05, 3.63) is 34.9 Å². The van der Waals surface area contributed by atoms with Crippen molar-refractivity contribution in [1.29, 1.82) is 0 Å². The summed E-state index contributed by atoms with van der Waals surface area (Å²) in [5.74, 6) is -0.0327. The number of rotatable bonds is 2. The maximum Gasteiger partial charge on any atom is 0.251 e. The van der Waals surface area contributed by atoms with E-state index in [9.17, 15) is 9.90 Å². The zero-order chi connectivity index (χ0) is 13.9. The number of hydrogen-bond acceptors (Lipinski definition) is 3. The minimum atomic E-state index is -0.395. The second-order valence-corrected chi connectivity index (χ2v) is 5.80. The lowest BCUT2D eigenvalue weighted by molar-refractivity contribution is 0.0716. The van der Waals surface area contributed by atoms with E-state index in [0.717, 1.165) is 56.3 Å². The minimum Gasteiger partial charge on any atom is -0.391 e. The summed E-state index contributed by atoms with van der Waals surface area (Å²) in [6.45, 7) is 1.76. The first-order chi connectivity index (χ1) is 9.75. The molecule has 1 saturated carbocycles. The maximum atomic E-state index is 12.5. The highest BCUT2D eigenvalue weighted by Crippen LogP contribution is 2.21. The third kappa shape index (κ3) is 2.72. The normalized spacial score (nSPS) is 25.9. The molecule has 1 aliphatic carbocycles. The van der Waals surface area contributed by atoms with Crippen LogP contribution >= 0.6 is 0 Å². The Morgan fingerprint density at radius 3 is 3.00 bits per heavy atom. The Morgan fingerprint density at radius 2 is 2.15 bits per heavy atom. The van der Waals surface area contributed by atoms with Crippen LogP contribution in [0.3, 0.4) is 0 Å². The van der Waals surface area contributed by atoms with Gasteiger partial charge >= 0.3 is 0 Å². The number of aliphatic hydroxyl groups is 1. The van der Waals surface area contributed by atoms with E-state index in [1.165, 1.54) is 5.56 Å². The molecule has 1 amide bonds.